The van der Waals surface area contributed by atoms with Crippen LogP contribution in [0.1, 0.15) is 11.3 Å². The zero-order chi connectivity index (χ0) is 13.2. The molecular formula is C14H13N3OS. The second-order valence-electron chi connectivity index (χ2n) is 4.42. The Bertz CT molecular complexity index is 729. The van der Waals surface area contributed by atoms with E-state index in [9.17, 15) is 4.79 Å². The van der Waals surface area contributed by atoms with E-state index in [1.165, 1.54) is 11.3 Å². The van der Waals surface area contributed by atoms with Gasteiger partial charge in [0.05, 0.1) is 12.1 Å². The predicted octanol–water partition coefficient (Wildman–Crippen LogP) is 3.11. The molecule has 0 aliphatic carbocycles. The minimum absolute atomic E-state index is 0.0377. The molecule has 2 aromatic heterocycles. The number of rotatable bonds is 3. The molecule has 19 heavy (non-hydrogen) atoms. The van der Waals surface area contributed by atoms with Gasteiger partial charge in [0.2, 0.25) is 5.91 Å². The van der Waals surface area contributed by atoms with Gasteiger partial charge in [0, 0.05) is 17.1 Å². The number of aromatic nitrogens is 2. The highest BCUT2D eigenvalue weighted by molar-refractivity contribution is 7.13. The maximum absolute atomic E-state index is 11.9. The van der Waals surface area contributed by atoms with Crippen LogP contribution >= 0.6 is 11.3 Å². The molecule has 0 fully saturated rings. The smallest absolute Gasteiger partial charge is 0.230 e. The lowest BCUT2D eigenvalue weighted by Crippen LogP contribution is -2.14. The minimum Gasteiger partial charge on any atom is -0.361 e. The molecule has 1 aromatic carbocycles. The number of hydrogen-bond acceptors (Lipinski definition) is 3. The number of amides is 1. The van der Waals surface area contributed by atoms with Crippen LogP contribution in [0.25, 0.3) is 10.9 Å². The highest BCUT2D eigenvalue weighted by atomic mass is 32.1. The molecule has 0 saturated carbocycles. The fraction of sp³-hybridized carbons (Fsp3) is 0.143. The van der Waals surface area contributed by atoms with Crippen molar-refractivity contribution >= 4 is 33.3 Å². The van der Waals surface area contributed by atoms with Crippen LogP contribution in [0.5, 0.6) is 0 Å². The van der Waals surface area contributed by atoms with Crippen molar-refractivity contribution in [3.8, 4) is 0 Å². The van der Waals surface area contributed by atoms with Crippen LogP contribution in [0, 0.1) is 6.92 Å². The molecule has 0 atom stereocenters. The average Bonchev–Trinajstić information content (AvgIpc) is 2.97. The van der Waals surface area contributed by atoms with E-state index < -0.39 is 0 Å². The van der Waals surface area contributed by atoms with Crippen molar-refractivity contribution in [2.45, 2.75) is 13.3 Å². The zero-order valence-corrected chi connectivity index (χ0v) is 11.3. The van der Waals surface area contributed by atoms with Crippen LogP contribution in [0.15, 0.2) is 35.8 Å². The number of anilines is 1. The van der Waals surface area contributed by atoms with Gasteiger partial charge in [-0.15, -0.1) is 11.3 Å². The van der Waals surface area contributed by atoms with Crippen molar-refractivity contribution in [3.05, 3.63) is 47.1 Å². The fourth-order valence-corrected chi connectivity index (χ4v) is 2.68. The summed E-state index contributed by atoms with van der Waals surface area (Å²) >= 11 is 1.44. The third-order valence-corrected chi connectivity index (χ3v) is 3.72. The maximum atomic E-state index is 11.9. The SMILES string of the molecule is Cc1csc(NC(=O)Cc2ccc3[nH]ccc3c2)n1. The molecular weight excluding hydrogens is 258 g/mol. The molecule has 1 amide bonds. The first-order valence-electron chi connectivity index (χ1n) is 5.99. The third kappa shape index (κ3) is 2.66. The van der Waals surface area contributed by atoms with Crippen molar-refractivity contribution < 1.29 is 4.79 Å². The molecule has 2 N–H and O–H groups in total. The Labute approximate surface area is 114 Å². The van der Waals surface area contributed by atoms with Crippen LogP contribution in [0.3, 0.4) is 0 Å². The standard InChI is InChI=1S/C14H13N3OS/c1-9-8-19-14(16-9)17-13(18)7-10-2-3-12-11(6-10)4-5-15-12/h2-6,8,15H,7H2,1H3,(H,16,17,18). The number of carbonyl (C=O) groups is 1. The normalized spacial score (nSPS) is 10.8. The van der Waals surface area contributed by atoms with Gasteiger partial charge < -0.3 is 10.3 Å². The van der Waals surface area contributed by atoms with Crippen LogP contribution in [-0.2, 0) is 11.2 Å². The molecule has 0 bridgehead atoms. The second-order valence-corrected chi connectivity index (χ2v) is 5.28. The first kappa shape index (κ1) is 11.9. The summed E-state index contributed by atoms with van der Waals surface area (Å²) in [6.07, 6.45) is 2.26. The Hall–Kier alpha value is -2.14. The third-order valence-electron chi connectivity index (χ3n) is 2.85. The van der Waals surface area contributed by atoms with Crippen LogP contribution in [-0.4, -0.2) is 15.9 Å². The molecule has 0 aliphatic rings. The summed E-state index contributed by atoms with van der Waals surface area (Å²) in [5.74, 6) is -0.0377. The van der Waals surface area contributed by atoms with Gasteiger partial charge in [0.15, 0.2) is 5.13 Å². The molecule has 0 spiro atoms. The van der Waals surface area contributed by atoms with Gasteiger partial charge >= 0.3 is 0 Å². The van der Waals surface area contributed by atoms with Crippen molar-refractivity contribution in [1.29, 1.82) is 0 Å². The first-order valence-corrected chi connectivity index (χ1v) is 6.87. The number of hydrogen-bond donors (Lipinski definition) is 2. The summed E-state index contributed by atoms with van der Waals surface area (Å²) in [6.45, 7) is 1.91. The van der Waals surface area contributed by atoms with Gasteiger partial charge in [-0.05, 0) is 36.1 Å². The lowest BCUT2D eigenvalue weighted by Gasteiger charge is -2.02. The minimum atomic E-state index is -0.0377. The molecule has 4 nitrogen and oxygen atoms in total. The van der Waals surface area contributed by atoms with Crippen molar-refractivity contribution in [3.63, 3.8) is 0 Å². The lowest BCUT2D eigenvalue weighted by molar-refractivity contribution is -0.115. The number of fused-ring (bicyclic) bond motifs is 1. The number of aromatic amines is 1. The fourth-order valence-electron chi connectivity index (χ4n) is 1.97. The molecule has 5 heteroatoms. The summed E-state index contributed by atoms with van der Waals surface area (Å²) < 4.78 is 0. The lowest BCUT2D eigenvalue weighted by atomic mass is 10.1. The monoisotopic (exact) mass is 271 g/mol. The van der Waals surface area contributed by atoms with Crippen LogP contribution < -0.4 is 5.32 Å². The van der Waals surface area contributed by atoms with Gasteiger partial charge in [0.25, 0.3) is 0 Å². The number of thiazole rings is 1. The summed E-state index contributed by atoms with van der Waals surface area (Å²) in [6, 6.07) is 7.98. The number of nitrogens with zero attached hydrogens (tertiary/aromatic N) is 1. The average molecular weight is 271 g/mol. The molecule has 0 saturated heterocycles. The van der Waals surface area contributed by atoms with Crippen LogP contribution in [0.2, 0.25) is 0 Å². The summed E-state index contributed by atoms with van der Waals surface area (Å²) in [5, 5.41) is 6.51. The van der Waals surface area contributed by atoms with E-state index in [0.29, 0.717) is 11.6 Å². The van der Waals surface area contributed by atoms with Gasteiger partial charge in [-0.1, -0.05) is 6.07 Å². The number of benzene rings is 1. The highest BCUT2D eigenvalue weighted by Crippen LogP contribution is 2.17. The van der Waals surface area contributed by atoms with Gasteiger partial charge in [0.1, 0.15) is 0 Å². The van der Waals surface area contributed by atoms with E-state index in [0.717, 1.165) is 22.2 Å². The Balaban J connectivity index is 1.71. The maximum Gasteiger partial charge on any atom is 0.230 e. The topological polar surface area (TPSA) is 57.8 Å². The van der Waals surface area contributed by atoms with Gasteiger partial charge in [-0.25, -0.2) is 4.98 Å². The van der Waals surface area contributed by atoms with E-state index in [-0.39, 0.29) is 5.91 Å². The number of H-pyrrole nitrogens is 1. The molecule has 3 aromatic rings. The van der Waals surface area contributed by atoms with E-state index in [2.05, 4.69) is 15.3 Å². The van der Waals surface area contributed by atoms with E-state index in [4.69, 9.17) is 0 Å². The predicted molar refractivity (Wildman–Crippen MR) is 77.5 cm³/mol. The van der Waals surface area contributed by atoms with Crippen LogP contribution in [0.4, 0.5) is 5.13 Å². The van der Waals surface area contributed by atoms with Crippen molar-refractivity contribution in [1.82, 2.24) is 9.97 Å². The quantitative estimate of drug-likeness (QED) is 0.769. The number of nitrogens with one attached hydrogen (secondary N) is 2. The van der Waals surface area contributed by atoms with Crippen molar-refractivity contribution in [2.24, 2.45) is 0 Å². The first-order chi connectivity index (χ1) is 9.20. The molecule has 96 valence electrons. The number of aryl methyl sites for hydroxylation is 1. The van der Waals surface area contributed by atoms with Gasteiger partial charge in [-0.3, -0.25) is 4.79 Å². The molecule has 0 unspecified atom stereocenters. The Morgan fingerprint density at radius 3 is 3.11 bits per heavy atom. The zero-order valence-electron chi connectivity index (χ0n) is 10.4. The Morgan fingerprint density at radius 2 is 2.32 bits per heavy atom. The van der Waals surface area contributed by atoms with Crippen molar-refractivity contribution in [2.75, 3.05) is 5.32 Å². The Kier molecular flexibility index (Phi) is 3.05. The van der Waals surface area contributed by atoms with E-state index >= 15 is 0 Å². The molecule has 0 aliphatic heterocycles. The Morgan fingerprint density at radius 1 is 1.42 bits per heavy atom. The summed E-state index contributed by atoms with van der Waals surface area (Å²) in [4.78, 5) is 19.3. The second kappa shape index (κ2) is 4.85. The largest absolute Gasteiger partial charge is 0.361 e. The van der Waals surface area contributed by atoms with E-state index in [1.807, 2.05) is 42.8 Å². The van der Waals surface area contributed by atoms with E-state index in [1.54, 1.807) is 0 Å². The van der Waals surface area contributed by atoms with Gasteiger partial charge in [-0.2, -0.15) is 0 Å². The number of carbonyl (C=O) groups excluding carboxylic acids is 1. The summed E-state index contributed by atoms with van der Waals surface area (Å²) in [7, 11) is 0. The summed E-state index contributed by atoms with van der Waals surface area (Å²) in [5.41, 5.74) is 3.01. The molecule has 3 rings (SSSR count). The molecule has 2 heterocycles. The highest BCUT2D eigenvalue weighted by Gasteiger charge is 2.07. The molecule has 0 radical (unpaired) electrons.